The van der Waals surface area contributed by atoms with Crippen molar-refractivity contribution in [1.29, 1.82) is 0 Å². The number of pyridine rings is 1. The number of benzene rings is 2. The SMILES string of the molecule is O=C(NCc1cc(C(F)(F)F)cc(C(F)(F)F)c1)C1(Cc2cccnc2)CCN(Cc2ccc3c(c2)OCO3)CC1. The third-order valence-electron chi connectivity index (χ3n) is 7.50. The second-order valence-electron chi connectivity index (χ2n) is 10.4. The lowest BCUT2D eigenvalue weighted by Crippen LogP contribution is -2.49. The molecule has 1 N–H and O–H groups in total. The molecule has 5 rings (SSSR count). The normalized spacial score (nSPS) is 16.9. The predicted octanol–water partition coefficient (Wildman–Crippen LogP) is 5.99. The lowest BCUT2D eigenvalue weighted by Gasteiger charge is -2.41. The third-order valence-corrected chi connectivity index (χ3v) is 7.50. The van der Waals surface area contributed by atoms with Gasteiger partial charge in [0.15, 0.2) is 11.5 Å². The smallest absolute Gasteiger partial charge is 0.416 e. The minimum atomic E-state index is -4.97. The van der Waals surface area contributed by atoms with Gasteiger partial charge in [0.05, 0.1) is 16.5 Å². The maximum Gasteiger partial charge on any atom is 0.416 e. The molecule has 0 atom stereocenters. The summed E-state index contributed by atoms with van der Waals surface area (Å²) in [6.45, 7) is 1.44. The first kappa shape index (κ1) is 28.7. The minimum absolute atomic E-state index is 0.0745. The van der Waals surface area contributed by atoms with Crippen LogP contribution in [0.1, 0.15) is 40.7 Å². The zero-order valence-corrected chi connectivity index (χ0v) is 21.8. The fourth-order valence-corrected chi connectivity index (χ4v) is 5.31. The van der Waals surface area contributed by atoms with Gasteiger partial charge >= 0.3 is 12.4 Å². The summed E-state index contributed by atoms with van der Waals surface area (Å²) in [6.07, 6.45) is -5.46. The Balaban J connectivity index is 1.31. The Morgan fingerprint density at radius 2 is 1.56 bits per heavy atom. The van der Waals surface area contributed by atoms with Gasteiger partial charge < -0.3 is 14.8 Å². The van der Waals surface area contributed by atoms with Gasteiger partial charge in [0.2, 0.25) is 12.7 Å². The molecule has 1 amide bonds. The van der Waals surface area contributed by atoms with Gasteiger partial charge in [-0.2, -0.15) is 26.3 Å². The summed E-state index contributed by atoms with van der Waals surface area (Å²) in [4.78, 5) is 19.9. The number of amides is 1. The largest absolute Gasteiger partial charge is 0.454 e. The van der Waals surface area contributed by atoms with Crippen LogP contribution < -0.4 is 14.8 Å². The van der Waals surface area contributed by atoms with Gasteiger partial charge in [0.1, 0.15) is 0 Å². The van der Waals surface area contributed by atoms with Crippen LogP contribution in [-0.4, -0.2) is 35.7 Å². The van der Waals surface area contributed by atoms with Crippen molar-refractivity contribution in [3.05, 3.63) is 88.7 Å². The van der Waals surface area contributed by atoms with Crippen molar-refractivity contribution in [1.82, 2.24) is 15.2 Å². The van der Waals surface area contributed by atoms with Crippen molar-refractivity contribution >= 4 is 5.91 Å². The second-order valence-corrected chi connectivity index (χ2v) is 10.4. The van der Waals surface area contributed by atoms with Crippen LogP contribution in [0.15, 0.2) is 60.9 Å². The summed E-state index contributed by atoms with van der Waals surface area (Å²) in [5.41, 5.74) is -2.20. The van der Waals surface area contributed by atoms with Crippen LogP contribution >= 0.6 is 0 Å². The number of rotatable bonds is 7. The lowest BCUT2D eigenvalue weighted by molar-refractivity contribution is -0.143. The first-order chi connectivity index (χ1) is 19.4. The van der Waals surface area contributed by atoms with Crippen molar-refractivity contribution < 1.29 is 40.6 Å². The highest BCUT2D eigenvalue weighted by Crippen LogP contribution is 2.39. The number of fused-ring (bicyclic) bond motifs is 1. The van der Waals surface area contributed by atoms with Crippen LogP contribution in [0.2, 0.25) is 0 Å². The molecule has 218 valence electrons. The molecule has 12 heteroatoms. The summed E-state index contributed by atoms with van der Waals surface area (Å²) in [7, 11) is 0. The van der Waals surface area contributed by atoms with E-state index in [-0.39, 0.29) is 18.4 Å². The quantitative estimate of drug-likeness (QED) is 0.349. The molecule has 0 saturated carbocycles. The number of nitrogens with zero attached hydrogens (tertiary/aromatic N) is 2. The molecule has 3 heterocycles. The Labute approximate surface area is 232 Å². The Bertz CT molecular complexity index is 1350. The van der Waals surface area contributed by atoms with Gasteiger partial charge in [-0.25, -0.2) is 0 Å². The molecule has 0 radical (unpaired) electrons. The van der Waals surface area contributed by atoms with E-state index < -0.39 is 41.3 Å². The highest BCUT2D eigenvalue weighted by Gasteiger charge is 2.42. The first-order valence-electron chi connectivity index (χ1n) is 13.0. The van der Waals surface area contributed by atoms with Crippen molar-refractivity contribution in [3.8, 4) is 11.5 Å². The molecule has 1 fully saturated rings. The topological polar surface area (TPSA) is 63.7 Å². The van der Waals surface area contributed by atoms with Crippen molar-refractivity contribution in [3.63, 3.8) is 0 Å². The van der Waals surface area contributed by atoms with Crippen molar-refractivity contribution in [2.45, 2.75) is 44.7 Å². The van der Waals surface area contributed by atoms with Crippen LogP contribution in [0.25, 0.3) is 0 Å². The number of piperidine rings is 1. The van der Waals surface area contributed by atoms with Crippen LogP contribution in [0, 0.1) is 5.41 Å². The Morgan fingerprint density at radius 1 is 0.878 bits per heavy atom. The zero-order chi connectivity index (χ0) is 29.3. The van der Waals surface area contributed by atoms with Gasteiger partial charge in [0, 0.05) is 25.5 Å². The number of nitrogens with one attached hydrogen (secondary N) is 1. The van der Waals surface area contributed by atoms with Crippen LogP contribution in [0.5, 0.6) is 11.5 Å². The molecule has 0 bridgehead atoms. The number of alkyl halides is 6. The standard InChI is InChI=1S/C29H27F6N3O3/c30-28(31,32)22-10-21(11-23(13-22)29(33,34)35)16-37-26(39)27(14-20-2-1-7-36-15-20)5-8-38(9-6-27)17-19-3-4-24-25(12-19)41-18-40-24/h1-4,7,10-13,15H,5-6,8-9,14,16-18H2,(H,37,39). The molecular formula is C29H27F6N3O3. The van der Waals surface area contributed by atoms with Gasteiger partial charge in [0.25, 0.3) is 0 Å². The van der Waals surface area contributed by atoms with Gasteiger partial charge in [-0.15, -0.1) is 0 Å². The third kappa shape index (κ3) is 6.75. The highest BCUT2D eigenvalue weighted by molar-refractivity contribution is 5.83. The number of hydrogen-bond donors (Lipinski definition) is 1. The molecule has 6 nitrogen and oxygen atoms in total. The van der Waals surface area contributed by atoms with E-state index in [0.717, 1.165) is 11.1 Å². The number of carbonyl (C=O) groups excluding carboxylic acids is 1. The highest BCUT2D eigenvalue weighted by atomic mass is 19.4. The molecule has 41 heavy (non-hydrogen) atoms. The monoisotopic (exact) mass is 579 g/mol. The molecule has 2 aliphatic heterocycles. The number of halogens is 6. The predicted molar refractivity (Wildman–Crippen MR) is 136 cm³/mol. The average Bonchev–Trinajstić information content (AvgIpc) is 3.40. The van der Waals surface area contributed by atoms with E-state index in [1.165, 1.54) is 0 Å². The maximum absolute atomic E-state index is 13.6. The van der Waals surface area contributed by atoms with Crippen LogP contribution in [-0.2, 0) is 36.7 Å². The van der Waals surface area contributed by atoms with E-state index in [0.29, 0.717) is 62.5 Å². The number of aromatic nitrogens is 1. The average molecular weight is 580 g/mol. The molecule has 0 spiro atoms. The molecule has 2 aliphatic rings. The van der Waals surface area contributed by atoms with E-state index in [4.69, 9.17) is 9.47 Å². The van der Waals surface area contributed by atoms with E-state index >= 15 is 0 Å². The Kier molecular flexibility index (Phi) is 7.87. The van der Waals surface area contributed by atoms with E-state index in [1.54, 1.807) is 18.5 Å². The second kappa shape index (κ2) is 11.2. The summed E-state index contributed by atoms with van der Waals surface area (Å²) in [6, 6.07) is 10.6. The summed E-state index contributed by atoms with van der Waals surface area (Å²) >= 11 is 0. The zero-order valence-electron chi connectivity index (χ0n) is 21.8. The van der Waals surface area contributed by atoms with Gasteiger partial charge in [-0.05, 0) is 85.4 Å². The van der Waals surface area contributed by atoms with E-state index in [1.807, 2.05) is 24.3 Å². The van der Waals surface area contributed by atoms with Crippen molar-refractivity contribution in [2.24, 2.45) is 5.41 Å². The Hall–Kier alpha value is -3.80. The van der Waals surface area contributed by atoms with Gasteiger partial charge in [-0.3, -0.25) is 14.7 Å². The van der Waals surface area contributed by atoms with E-state index in [9.17, 15) is 31.1 Å². The van der Waals surface area contributed by atoms with E-state index in [2.05, 4.69) is 15.2 Å². The molecule has 2 aromatic carbocycles. The summed E-state index contributed by atoms with van der Waals surface area (Å²) in [5, 5.41) is 2.64. The van der Waals surface area contributed by atoms with Crippen molar-refractivity contribution in [2.75, 3.05) is 19.9 Å². The fraction of sp³-hybridized carbons (Fsp3) is 0.379. The molecule has 0 unspecified atom stereocenters. The van der Waals surface area contributed by atoms with Gasteiger partial charge in [-0.1, -0.05) is 12.1 Å². The Morgan fingerprint density at radius 3 is 2.20 bits per heavy atom. The number of hydrogen-bond acceptors (Lipinski definition) is 5. The maximum atomic E-state index is 13.6. The molecule has 1 saturated heterocycles. The molecule has 0 aliphatic carbocycles. The lowest BCUT2D eigenvalue weighted by atomic mass is 9.73. The molecular weight excluding hydrogens is 552 g/mol. The summed E-state index contributed by atoms with van der Waals surface area (Å²) in [5.74, 6) is 0.936. The number of carbonyl (C=O) groups is 1. The number of ether oxygens (including phenoxy) is 2. The first-order valence-corrected chi connectivity index (χ1v) is 13.0. The van der Waals surface area contributed by atoms with Crippen LogP contribution in [0.3, 0.4) is 0 Å². The fourth-order valence-electron chi connectivity index (χ4n) is 5.31. The number of likely N-dealkylation sites (tertiary alicyclic amines) is 1. The molecule has 3 aromatic rings. The summed E-state index contributed by atoms with van der Waals surface area (Å²) < 4.78 is 90.7. The molecule has 1 aromatic heterocycles. The van der Waals surface area contributed by atoms with Crippen LogP contribution in [0.4, 0.5) is 26.3 Å². The minimum Gasteiger partial charge on any atom is -0.454 e.